The molecule has 0 atom stereocenters. The predicted octanol–water partition coefficient (Wildman–Crippen LogP) is 1.01. The van der Waals surface area contributed by atoms with Crippen LogP contribution in [0, 0.1) is 11.3 Å². The third kappa shape index (κ3) is 3.54. The summed E-state index contributed by atoms with van der Waals surface area (Å²) in [5, 5.41) is 12.2. The molecule has 2 rings (SSSR count). The molecule has 0 radical (unpaired) electrons. The van der Waals surface area contributed by atoms with Crippen molar-refractivity contribution in [1.82, 2.24) is 10.2 Å². The van der Waals surface area contributed by atoms with Gasteiger partial charge in [-0.1, -0.05) is 12.8 Å². The van der Waals surface area contributed by atoms with Gasteiger partial charge >= 0.3 is 5.97 Å². The summed E-state index contributed by atoms with van der Waals surface area (Å²) in [6.45, 7) is 2.99. The van der Waals surface area contributed by atoms with Gasteiger partial charge in [-0.25, -0.2) is 0 Å². The average Bonchev–Trinajstić information content (AvgIpc) is 2.95. The van der Waals surface area contributed by atoms with Gasteiger partial charge in [0.1, 0.15) is 0 Å². The number of carboxylic acid groups (broad SMARTS) is 1. The van der Waals surface area contributed by atoms with Crippen molar-refractivity contribution in [3.05, 3.63) is 0 Å². The molecule has 21 heavy (non-hydrogen) atoms. The van der Waals surface area contributed by atoms with Crippen LogP contribution in [0.15, 0.2) is 0 Å². The second-order valence-electron chi connectivity index (χ2n) is 6.29. The van der Waals surface area contributed by atoms with Crippen molar-refractivity contribution in [2.45, 2.75) is 45.4 Å². The molecule has 2 amide bonds. The number of carbonyl (C=O) groups is 3. The van der Waals surface area contributed by atoms with Gasteiger partial charge in [0.15, 0.2) is 0 Å². The van der Waals surface area contributed by atoms with Crippen LogP contribution in [0.4, 0.5) is 0 Å². The van der Waals surface area contributed by atoms with E-state index < -0.39 is 11.4 Å². The monoisotopic (exact) mass is 296 g/mol. The van der Waals surface area contributed by atoms with Crippen molar-refractivity contribution < 1.29 is 19.5 Å². The van der Waals surface area contributed by atoms with Crippen LogP contribution in [-0.4, -0.2) is 47.4 Å². The first kappa shape index (κ1) is 15.8. The van der Waals surface area contributed by atoms with Gasteiger partial charge in [0.05, 0.1) is 5.41 Å². The average molecular weight is 296 g/mol. The molecule has 1 saturated heterocycles. The first-order valence-electron chi connectivity index (χ1n) is 7.71. The van der Waals surface area contributed by atoms with Gasteiger partial charge in [0.2, 0.25) is 11.8 Å². The lowest BCUT2D eigenvalue weighted by Gasteiger charge is -2.31. The highest BCUT2D eigenvalue weighted by Gasteiger charge is 2.41. The zero-order chi connectivity index (χ0) is 15.5. The molecule has 1 aliphatic carbocycles. The Bertz CT molecular complexity index is 421. The van der Waals surface area contributed by atoms with Crippen molar-refractivity contribution in [3.63, 3.8) is 0 Å². The zero-order valence-electron chi connectivity index (χ0n) is 12.6. The maximum Gasteiger partial charge on any atom is 0.311 e. The van der Waals surface area contributed by atoms with Crippen LogP contribution in [0.2, 0.25) is 0 Å². The van der Waals surface area contributed by atoms with E-state index in [1.807, 2.05) is 0 Å². The number of hydrogen-bond donors (Lipinski definition) is 2. The predicted molar refractivity (Wildman–Crippen MR) is 76.5 cm³/mol. The molecule has 0 aromatic heterocycles. The molecular weight excluding hydrogens is 272 g/mol. The summed E-state index contributed by atoms with van der Waals surface area (Å²) in [7, 11) is 0. The minimum absolute atomic E-state index is 0.0460. The lowest BCUT2D eigenvalue weighted by molar-refractivity contribution is -0.148. The molecule has 6 heteroatoms. The van der Waals surface area contributed by atoms with Crippen LogP contribution in [0.3, 0.4) is 0 Å². The number of piperidine rings is 1. The molecule has 1 aliphatic heterocycles. The van der Waals surface area contributed by atoms with Gasteiger partial charge in [-0.3, -0.25) is 14.4 Å². The van der Waals surface area contributed by atoms with E-state index in [9.17, 15) is 19.5 Å². The van der Waals surface area contributed by atoms with E-state index in [0.29, 0.717) is 38.8 Å². The van der Waals surface area contributed by atoms with E-state index in [-0.39, 0.29) is 24.3 Å². The summed E-state index contributed by atoms with van der Waals surface area (Å²) in [6.07, 6.45) is 4.44. The Hall–Kier alpha value is -1.59. The van der Waals surface area contributed by atoms with Crippen molar-refractivity contribution in [2.75, 3.05) is 19.6 Å². The molecular formula is C15H24N2O4. The van der Waals surface area contributed by atoms with Crippen LogP contribution in [0.5, 0.6) is 0 Å². The minimum Gasteiger partial charge on any atom is -0.481 e. The lowest BCUT2D eigenvalue weighted by Crippen LogP contribution is -2.46. The number of aliphatic carboxylic acids is 1. The fourth-order valence-electron chi connectivity index (χ4n) is 3.38. The first-order chi connectivity index (χ1) is 9.94. The highest BCUT2D eigenvalue weighted by molar-refractivity contribution is 5.81. The summed E-state index contributed by atoms with van der Waals surface area (Å²) >= 11 is 0. The fraction of sp³-hybridized carbons (Fsp3) is 0.800. The van der Waals surface area contributed by atoms with E-state index >= 15 is 0 Å². The minimum atomic E-state index is -0.799. The second kappa shape index (κ2) is 6.45. The van der Waals surface area contributed by atoms with E-state index in [1.165, 1.54) is 6.92 Å². The molecule has 118 valence electrons. The fourth-order valence-corrected chi connectivity index (χ4v) is 3.38. The molecule has 2 aliphatic rings. The van der Waals surface area contributed by atoms with Gasteiger partial charge in [0, 0.05) is 32.5 Å². The molecule has 2 fully saturated rings. The lowest BCUT2D eigenvalue weighted by atomic mass is 9.86. The molecule has 2 N–H and O–H groups in total. The SMILES string of the molecule is CC(=O)N1CCC(C(=O)NCC2(C(=O)O)CCCC2)CC1. The van der Waals surface area contributed by atoms with Gasteiger partial charge in [-0.05, 0) is 25.7 Å². The Labute approximate surface area is 124 Å². The topological polar surface area (TPSA) is 86.7 Å². The standard InChI is InChI=1S/C15H24N2O4/c1-11(18)17-8-4-12(5-9-17)13(19)16-10-15(14(20)21)6-2-3-7-15/h12H,2-10H2,1H3,(H,16,19)(H,20,21). The Kier molecular flexibility index (Phi) is 4.85. The number of rotatable bonds is 4. The van der Waals surface area contributed by atoms with E-state index in [0.717, 1.165) is 12.8 Å². The highest BCUT2D eigenvalue weighted by atomic mass is 16.4. The Morgan fingerprint density at radius 2 is 1.76 bits per heavy atom. The number of carbonyl (C=O) groups excluding carboxylic acids is 2. The van der Waals surface area contributed by atoms with Crippen molar-refractivity contribution in [1.29, 1.82) is 0 Å². The summed E-state index contributed by atoms with van der Waals surface area (Å²) in [5.74, 6) is -0.921. The maximum atomic E-state index is 12.2. The van der Waals surface area contributed by atoms with Crippen LogP contribution in [0.1, 0.15) is 45.4 Å². The molecule has 1 heterocycles. The quantitative estimate of drug-likeness (QED) is 0.810. The van der Waals surface area contributed by atoms with E-state index in [2.05, 4.69) is 5.32 Å². The molecule has 1 saturated carbocycles. The highest BCUT2D eigenvalue weighted by Crippen LogP contribution is 2.37. The van der Waals surface area contributed by atoms with Crippen molar-refractivity contribution in [3.8, 4) is 0 Å². The van der Waals surface area contributed by atoms with Gasteiger partial charge in [0.25, 0.3) is 0 Å². The van der Waals surface area contributed by atoms with Crippen LogP contribution in [0.25, 0.3) is 0 Å². The number of nitrogens with one attached hydrogen (secondary N) is 1. The summed E-state index contributed by atoms with van der Waals surface area (Å²) < 4.78 is 0. The Morgan fingerprint density at radius 3 is 2.24 bits per heavy atom. The Balaban J connectivity index is 1.82. The molecule has 0 bridgehead atoms. The number of hydrogen-bond acceptors (Lipinski definition) is 3. The summed E-state index contributed by atoms with van der Waals surface area (Å²) in [6, 6.07) is 0. The van der Waals surface area contributed by atoms with Gasteiger partial charge < -0.3 is 15.3 Å². The molecule has 0 aromatic rings. The maximum absolute atomic E-state index is 12.2. The second-order valence-corrected chi connectivity index (χ2v) is 6.29. The number of likely N-dealkylation sites (tertiary alicyclic amines) is 1. The van der Waals surface area contributed by atoms with E-state index in [4.69, 9.17) is 0 Å². The van der Waals surface area contributed by atoms with Crippen LogP contribution < -0.4 is 5.32 Å². The summed E-state index contributed by atoms with van der Waals surface area (Å²) in [4.78, 5) is 36.6. The van der Waals surface area contributed by atoms with Gasteiger partial charge in [-0.2, -0.15) is 0 Å². The molecule has 0 unspecified atom stereocenters. The summed E-state index contributed by atoms with van der Waals surface area (Å²) in [5.41, 5.74) is -0.768. The molecule has 0 spiro atoms. The molecule has 0 aromatic carbocycles. The number of nitrogens with zero attached hydrogens (tertiary/aromatic N) is 1. The van der Waals surface area contributed by atoms with Crippen LogP contribution >= 0.6 is 0 Å². The Morgan fingerprint density at radius 1 is 1.19 bits per heavy atom. The normalized spacial score (nSPS) is 22.0. The number of amides is 2. The number of carboxylic acids is 1. The largest absolute Gasteiger partial charge is 0.481 e. The first-order valence-corrected chi connectivity index (χ1v) is 7.71. The van der Waals surface area contributed by atoms with Crippen LogP contribution in [-0.2, 0) is 14.4 Å². The van der Waals surface area contributed by atoms with Crippen molar-refractivity contribution >= 4 is 17.8 Å². The van der Waals surface area contributed by atoms with E-state index in [1.54, 1.807) is 4.90 Å². The zero-order valence-corrected chi connectivity index (χ0v) is 12.6. The third-order valence-corrected chi connectivity index (χ3v) is 4.93. The smallest absolute Gasteiger partial charge is 0.311 e. The molecule has 6 nitrogen and oxygen atoms in total. The van der Waals surface area contributed by atoms with Crippen molar-refractivity contribution in [2.24, 2.45) is 11.3 Å². The third-order valence-electron chi connectivity index (χ3n) is 4.93. The van der Waals surface area contributed by atoms with Gasteiger partial charge in [-0.15, -0.1) is 0 Å².